The van der Waals surface area contributed by atoms with Gasteiger partial charge < -0.3 is 16.8 Å². The minimum absolute atomic E-state index is 0.407. The van der Waals surface area contributed by atoms with Crippen LogP contribution in [0.3, 0.4) is 0 Å². The number of guanidine groups is 1. The number of nitrogens with zero attached hydrogens (tertiary/aromatic N) is 2. The summed E-state index contributed by atoms with van der Waals surface area (Å²) in [6.45, 7) is 3.17. The molecule has 1 aromatic heterocycles. The molecule has 17 heavy (non-hydrogen) atoms. The molecular weight excluding hydrogens is 254 g/mol. The molecule has 0 bridgehead atoms. The van der Waals surface area contributed by atoms with E-state index in [9.17, 15) is 0 Å². The molecular formula is C10H17N5S2. The minimum Gasteiger partial charge on any atom is -0.370 e. The summed E-state index contributed by atoms with van der Waals surface area (Å²) in [5.41, 5.74) is 12.0. The Morgan fingerprint density at radius 2 is 2.53 bits per heavy atom. The Balaban J connectivity index is 2.42. The highest BCUT2D eigenvalue weighted by Crippen LogP contribution is 2.19. The molecule has 0 aliphatic heterocycles. The maximum Gasteiger partial charge on any atom is 0.194 e. The zero-order valence-electron chi connectivity index (χ0n) is 9.72. The second-order valence-corrected chi connectivity index (χ2v) is 4.80. The third-order valence-electron chi connectivity index (χ3n) is 1.67. The van der Waals surface area contributed by atoms with Gasteiger partial charge in [0.05, 0.1) is 5.69 Å². The van der Waals surface area contributed by atoms with E-state index in [0.717, 1.165) is 16.6 Å². The first-order valence-corrected chi connectivity index (χ1v) is 7.17. The summed E-state index contributed by atoms with van der Waals surface area (Å²) < 4.78 is 0. The Morgan fingerprint density at radius 3 is 3.24 bits per heavy atom. The van der Waals surface area contributed by atoms with Crippen molar-refractivity contribution in [1.82, 2.24) is 4.98 Å². The molecule has 1 heterocycles. The molecule has 0 atom stereocenters. The van der Waals surface area contributed by atoms with Crippen LogP contribution in [0.2, 0.25) is 0 Å². The highest BCUT2D eigenvalue weighted by molar-refractivity contribution is 8.01. The lowest BCUT2D eigenvalue weighted by atomic mass is 10.6. The monoisotopic (exact) mass is 271 g/mol. The molecule has 0 amide bonds. The maximum atomic E-state index is 5.64. The lowest BCUT2D eigenvalue weighted by molar-refractivity contribution is 1.12. The number of aliphatic imine (C=N–C) groups is 1. The van der Waals surface area contributed by atoms with Crippen LogP contribution in [0.15, 0.2) is 21.9 Å². The summed E-state index contributed by atoms with van der Waals surface area (Å²) in [4.78, 5) is 8.43. The van der Waals surface area contributed by atoms with Gasteiger partial charge in [-0.25, -0.2) is 4.98 Å². The molecule has 0 saturated carbocycles. The molecule has 0 radical (unpaired) electrons. The average molecular weight is 271 g/mol. The zero-order chi connectivity index (χ0) is 12.5. The van der Waals surface area contributed by atoms with Gasteiger partial charge in [-0.1, -0.05) is 6.08 Å². The molecule has 0 spiro atoms. The average Bonchev–Trinajstić information content (AvgIpc) is 2.72. The first kappa shape index (κ1) is 14.0. The standard InChI is InChI=1S/C10H17N5S2/c1-2-13-9(12)15-10-14-8(7-17-10)6-16-5-3-4-11/h3,5,7H,2,4,6,11H2,1H3,(H3,12,13,14,15). The quantitative estimate of drug-likeness (QED) is 0.540. The van der Waals surface area contributed by atoms with Crippen molar-refractivity contribution in [2.75, 3.05) is 18.4 Å². The van der Waals surface area contributed by atoms with Crippen molar-refractivity contribution in [2.45, 2.75) is 12.7 Å². The topological polar surface area (TPSA) is 89.3 Å². The fraction of sp³-hybridized carbons (Fsp3) is 0.400. The Morgan fingerprint density at radius 1 is 1.71 bits per heavy atom. The molecule has 0 aromatic carbocycles. The molecule has 0 aliphatic rings. The van der Waals surface area contributed by atoms with E-state index in [1.165, 1.54) is 11.3 Å². The fourth-order valence-electron chi connectivity index (χ4n) is 1.01. The van der Waals surface area contributed by atoms with Gasteiger partial charge in [0.15, 0.2) is 11.1 Å². The number of thiazole rings is 1. The van der Waals surface area contributed by atoms with Gasteiger partial charge in [0, 0.05) is 24.2 Å². The SMILES string of the molecule is CCN=C(N)Nc1nc(CSC=CCN)cs1. The Hall–Kier alpha value is -1.05. The molecule has 0 saturated heterocycles. The molecule has 0 unspecified atom stereocenters. The van der Waals surface area contributed by atoms with Crippen molar-refractivity contribution in [2.24, 2.45) is 16.5 Å². The first-order chi connectivity index (χ1) is 8.26. The predicted octanol–water partition coefficient (Wildman–Crippen LogP) is 1.60. The summed E-state index contributed by atoms with van der Waals surface area (Å²) in [5.74, 6) is 1.24. The largest absolute Gasteiger partial charge is 0.370 e. The van der Waals surface area contributed by atoms with E-state index >= 15 is 0 Å². The fourth-order valence-corrected chi connectivity index (χ4v) is 2.49. The number of hydrogen-bond acceptors (Lipinski definition) is 5. The minimum atomic E-state index is 0.407. The molecule has 5 N–H and O–H groups in total. The highest BCUT2D eigenvalue weighted by Gasteiger charge is 2.02. The van der Waals surface area contributed by atoms with Gasteiger partial charge in [-0.3, -0.25) is 4.99 Å². The summed E-state index contributed by atoms with van der Waals surface area (Å²) in [7, 11) is 0. The summed E-state index contributed by atoms with van der Waals surface area (Å²) in [5, 5.41) is 7.72. The maximum absolute atomic E-state index is 5.64. The number of rotatable bonds is 6. The van der Waals surface area contributed by atoms with Crippen LogP contribution in [0.25, 0.3) is 0 Å². The molecule has 1 rings (SSSR count). The van der Waals surface area contributed by atoms with Crippen molar-refractivity contribution in [3.63, 3.8) is 0 Å². The Bertz CT molecular complexity index is 386. The van der Waals surface area contributed by atoms with Crippen LogP contribution in [0.4, 0.5) is 5.13 Å². The van der Waals surface area contributed by atoms with Crippen molar-refractivity contribution in [3.8, 4) is 0 Å². The molecule has 94 valence electrons. The van der Waals surface area contributed by atoms with Gasteiger partial charge in [-0.05, 0) is 12.3 Å². The van der Waals surface area contributed by atoms with E-state index < -0.39 is 0 Å². The summed E-state index contributed by atoms with van der Waals surface area (Å²) >= 11 is 3.19. The second-order valence-electron chi connectivity index (χ2n) is 3.05. The molecule has 7 heteroatoms. The van der Waals surface area contributed by atoms with E-state index in [0.29, 0.717) is 19.0 Å². The number of hydrogen-bond donors (Lipinski definition) is 3. The highest BCUT2D eigenvalue weighted by atomic mass is 32.2. The zero-order valence-corrected chi connectivity index (χ0v) is 11.4. The lowest BCUT2D eigenvalue weighted by Crippen LogP contribution is -2.22. The number of nitrogens with one attached hydrogen (secondary N) is 1. The normalized spacial score (nSPS) is 12.2. The van der Waals surface area contributed by atoms with Gasteiger partial charge in [-0.15, -0.1) is 23.1 Å². The van der Waals surface area contributed by atoms with Crippen LogP contribution in [-0.4, -0.2) is 24.0 Å². The predicted molar refractivity (Wildman–Crippen MR) is 77.4 cm³/mol. The van der Waals surface area contributed by atoms with Crippen LogP contribution >= 0.6 is 23.1 Å². The van der Waals surface area contributed by atoms with Gasteiger partial charge >= 0.3 is 0 Å². The van der Waals surface area contributed by atoms with E-state index in [2.05, 4.69) is 15.3 Å². The van der Waals surface area contributed by atoms with Crippen molar-refractivity contribution >= 4 is 34.2 Å². The van der Waals surface area contributed by atoms with Gasteiger partial charge in [0.25, 0.3) is 0 Å². The number of anilines is 1. The number of nitrogens with two attached hydrogens (primary N) is 2. The first-order valence-electron chi connectivity index (χ1n) is 5.24. The Kier molecular flexibility index (Phi) is 6.68. The van der Waals surface area contributed by atoms with Gasteiger partial charge in [0.2, 0.25) is 0 Å². The van der Waals surface area contributed by atoms with Crippen molar-refractivity contribution < 1.29 is 0 Å². The number of thioether (sulfide) groups is 1. The molecule has 0 aliphatic carbocycles. The number of aromatic nitrogens is 1. The smallest absolute Gasteiger partial charge is 0.194 e. The van der Waals surface area contributed by atoms with Crippen LogP contribution in [0.5, 0.6) is 0 Å². The third-order valence-corrected chi connectivity index (χ3v) is 3.33. The van der Waals surface area contributed by atoms with Crippen LogP contribution in [-0.2, 0) is 5.75 Å². The molecule has 0 fully saturated rings. The van der Waals surface area contributed by atoms with E-state index in [4.69, 9.17) is 11.5 Å². The van der Waals surface area contributed by atoms with E-state index in [1.54, 1.807) is 11.8 Å². The van der Waals surface area contributed by atoms with Crippen molar-refractivity contribution in [1.29, 1.82) is 0 Å². The van der Waals surface area contributed by atoms with Gasteiger partial charge in [-0.2, -0.15) is 0 Å². The second kappa shape index (κ2) is 8.10. The van der Waals surface area contributed by atoms with E-state index in [-0.39, 0.29) is 0 Å². The Labute approximate surface area is 109 Å². The van der Waals surface area contributed by atoms with Crippen LogP contribution < -0.4 is 16.8 Å². The summed E-state index contributed by atoms with van der Waals surface area (Å²) in [6, 6.07) is 0. The third kappa shape index (κ3) is 5.71. The lowest BCUT2D eigenvalue weighted by Gasteiger charge is -1.99. The molecule has 5 nitrogen and oxygen atoms in total. The van der Waals surface area contributed by atoms with E-state index in [1.807, 2.05) is 23.8 Å². The molecule has 1 aromatic rings. The summed E-state index contributed by atoms with van der Waals surface area (Å²) in [6.07, 6.45) is 1.92. The van der Waals surface area contributed by atoms with Gasteiger partial charge in [0.1, 0.15) is 0 Å². The van der Waals surface area contributed by atoms with Crippen LogP contribution in [0, 0.1) is 0 Å². The van der Waals surface area contributed by atoms with Crippen LogP contribution in [0.1, 0.15) is 12.6 Å². The van der Waals surface area contributed by atoms with Crippen molar-refractivity contribution in [3.05, 3.63) is 22.6 Å².